The molecule has 1 N–H and O–H groups in total. The number of rotatable bonds is 9. The molecule has 0 unspecified atom stereocenters. The predicted octanol–water partition coefficient (Wildman–Crippen LogP) is 2.31. The predicted molar refractivity (Wildman–Crippen MR) is 142 cm³/mol. The van der Waals surface area contributed by atoms with E-state index in [4.69, 9.17) is 5.10 Å². The average Bonchev–Trinajstić information content (AvgIpc) is 3.46. The highest BCUT2D eigenvalue weighted by Gasteiger charge is 2.28. The maximum atomic E-state index is 12.8. The lowest BCUT2D eigenvalue weighted by Gasteiger charge is -2.34. The molecule has 0 radical (unpaired) electrons. The molecule has 0 bridgehead atoms. The summed E-state index contributed by atoms with van der Waals surface area (Å²) in [5.41, 5.74) is 2.98. The number of fused-ring (bicyclic) bond motifs is 2. The zero-order valence-corrected chi connectivity index (χ0v) is 21.4. The minimum Gasteiger partial charge on any atom is -0.354 e. The van der Waals surface area contributed by atoms with Crippen molar-refractivity contribution in [2.45, 2.75) is 32.7 Å². The van der Waals surface area contributed by atoms with Crippen LogP contribution in [0.4, 0.5) is 5.82 Å². The molecule has 2 amide bonds. The van der Waals surface area contributed by atoms with Gasteiger partial charge in [-0.2, -0.15) is 5.10 Å². The van der Waals surface area contributed by atoms with E-state index >= 15 is 0 Å². The summed E-state index contributed by atoms with van der Waals surface area (Å²) < 4.78 is 3.94. The molecule has 3 aromatic rings. The lowest BCUT2D eigenvalue weighted by Crippen LogP contribution is -2.47. The first-order valence-corrected chi connectivity index (χ1v) is 13.2. The molecule has 1 saturated heterocycles. The van der Waals surface area contributed by atoms with Gasteiger partial charge in [0.05, 0.1) is 12.2 Å². The summed E-state index contributed by atoms with van der Waals surface area (Å²) in [6, 6.07) is 10.2. The molecule has 0 saturated carbocycles. The number of benzene rings is 1. The Hall–Kier alpha value is -3.17. The smallest absolute Gasteiger partial charge is 0.240 e. The number of carbonyl (C=O) groups is 2. The molecule has 5 rings (SSSR count). The molecule has 2 aliphatic heterocycles. The molecule has 0 atom stereocenters. The van der Waals surface area contributed by atoms with Crippen LogP contribution in [0.2, 0.25) is 0 Å². The number of nitrogens with one attached hydrogen (secondary N) is 1. The zero-order chi connectivity index (χ0) is 25.1. The Morgan fingerprint density at radius 3 is 2.58 bits per heavy atom. The van der Waals surface area contributed by atoms with E-state index in [1.165, 1.54) is 13.0 Å². The van der Waals surface area contributed by atoms with Gasteiger partial charge in [0.1, 0.15) is 12.4 Å². The van der Waals surface area contributed by atoms with Crippen molar-refractivity contribution in [2.75, 3.05) is 57.3 Å². The van der Waals surface area contributed by atoms with Gasteiger partial charge in [-0.3, -0.25) is 14.5 Å². The number of hydrogen-bond donors (Lipinski definition) is 1. The van der Waals surface area contributed by atoms with Crippen molar-refractivity contribution in [2.24, 2.45) is 7.05 Å². The van der Waals surface area contributed by atoms with E-state index in [2.05, 4.69) is 44.9 Å². The molecule has 9 heteroatoms. The monoisotopic (exact) mass is 491 g/mol. The zero-order valence-electron chi connectivity index (χ0n) is 21.4. The van der Waals surface area contributed by atoms with Crippen molar-refractivity contribution in [1.29, 1.82) is 0 Å². The van der Waals surface area contributed by atoms with Crippen molar-refractivity contribution < 1.29 is 9.59 Å². The van der Waals surface area contributed by atoms with Crippen LogP contribution < -0.4 is 10.2 Å². The van der Waals surface area contributed by atoms with Crippen LogP contribution in [0.25, 0.3) is 22.2 Å². The van der Waals surface area contributed by atoms with Crippen LogP contribution in [0.15, 0.2) is 36.5 Å². The molecule has 4 heterocycles. The molecule has 0 spiro atoms. The Kier molecular flexibility index (Phi) is 7.38. The second kappa shape index (κ2) is 10.8. The summed E-state index contributed by atoms with van der Waals surface area (Å²) in [6.45, 7) is 10.0. The molecule has 2 aliphatic rings. The number of aromatic nitrogens is 3. The highest BCUT2D eigenvalue weighted by atomic mass is 16.2. The van der Waals surface area contributed by atoms with Crippen molar-refractivity contribution in [3.63, 3.8) is 0 Å². The van der Waals surface area contributed by atoms with Crippen LogP contribution in [-0.2, 0) is 23.2 Å². The number of para-hydroxylation sites is 1. The lowest BCUT2D eigenvalue weighted by molar-refractivity contribution is -0.124. The van der Waals surface area contributed by atoms with Crippen molar-refractivity contribution in [3.05, 3.63) is 36.5 Å². The van der Waals surface area contributed by atoms with E-state index in [0.29, 0.717) is 25.3 Å². The number of carbonyl (C=O) groups excluding carboxylic acids is 2. The standard InChI is InChI=1S/C27H37N7O2/c1-3-11-31-14-16-32(17-15-31)12-6-10-28-25(35)20-33-26-18-23(29-34(26)13-9-27(33)36)22-19-30(2)24-8-5-4-7-21(22)24/h4-5,7-8,18-19H,3,6,9-17,20H2,1-2H3,(H,28,35). The Balaban J connectivity index is 1.17. The third kappa shape index (κ3) is 5.17. The molecular weight excluding hydrogens is 454 g/mol. The second-order valence-corrected chi connectivity index (χ2v) is 9.90. The van der Waals surface area contributed by atoms with Crippen LogP contribution in [0, 0.1) is 0 Å². The second-order valence-electron chi connectivity index (χ2n) is 9.90. The molecule has 1 fully saturated rings. The van der Waals surface area contributed by atoms with Crippen LogP contribution in [-0.4, -0.2) is 88.3 Å². The van der Waals surface area contributed by atoms with E-state index in [0.717, 1.165) is 61.3 Å². The summed E-state index contributed by atoms with van der Waals surface area (Å²) in [7, 11) is 2.02. The Morgan fingerprint density at radius 2 is 1.81 bits per heavy atom. The first-order chi connectivity index (χ1) is 17.5. The summed E-state index contributed by atoms with van der Waals surface area (Å²) in [5, 5.41) is 8.93. The lowest BCUT2D eigenvalue weighted by atomic mass is 10.1. The molecule has 36 heavy (non-hydrogen) atoms. The normalized spacial score (nSPS) is 17.1. The van der Waals surface area contributed by atoms with Gasteiger partial charge in [0.2, 0.25) is 11.8 Å². The number of piperazine rings is 1. The largest absolute Gasteiger partial charge is 0.354 e. The van der Waals surface area contributed by atoms with Crippen LogP contribution in [0.1, 0.15) is 26.2 Å². The van der Waals surface area contributed by atoms with E-state index in [1.54, 1.807) is 4.90 Å². The minimum atomic E-state index is -0.127. The Labute approximate surface area is 212 Å². The van der Waals surface area contributed by atoms with Gasteiger partial charge in [0.25, 0.3) is 0 Å². The van der Waals surface area contributed by atoms with Gasteiger partial charge < -0.3 is 19.7 Å². The fourth-order valence-electron chi connectivity index (χ4n) is 5.38. The van der Waals surface area contributed by atoms with Gasteiger partial charge in [-0.25, -0.2) is 4.68 Å². The SMILES string of the molecule is CCCN1CCN(CCCNC(=O)CN2C(=O)CCn3nc(-c4cn(C)c5ccccc45)cc32)CC1. The van der Waals surface area contributed by atoms with E-state index in [9.17, 15) is 9.59 Å². The highest BCUT2D eigenvalue weighted by Crippen LogP contribution is 2.33. The van der Waals surface area contributed by atoms with E-state index < -0.39 is 0 Å². The van der Waals surface area contributed by atoms with E-state index in [-0.39, 0.29) is 18.4 Å². The first kappa shape index (κ1) is 24.5. The molecule has 192 valence electrons. The van der Waals surface area contributed by atoms with Gasteiger partial charge in [-0.1, -0.05) is 25.1 Å². The first-order valence-electron chi connectivity index (χ1n) is 13.2. The quantitative estimate of drug-likeness (QED) is 0.465. The fourth-order valence-corrected chi connectivity index (χ4v) is 5.38. The van der Waals surface area contributed by atoms with Gasteiger partial charge in [0, 0.05) is 74.9 Å². The Morgan fingerprint density at radius 1 is 1.06 bits per heavy atom. The van der Waals surface area contributed by atoms with Gasteiger partial charge in [-0.05, 0) is 32.0 Å². The number of hydrogen-bond acceptors (Lipinski definition) is 5. The van der Waals surface area contributed by atoms with E-state index in [1.807, 2.05) is 29.9 Å². The highest BCUT2D eigenvalue weighted by molar-refractivity contribution is 6.00. The van der Waals surface area contributed by atoms with Crippen molar-refractivity contribution >= 4 is 28.5 Å². The number of aryl methyl sites for hydroxylation is 2. The van der Waals surface area contributed by atoms with Gasteiger partial charge in [-0.15, -0.1) is 0 Å². The fraction of sp³-hybridized carbons (Fsp3) is 0.519. The van der Waals surface area contributed by atoms with Gasteiger partial charge >= 0.3 is 0 Å². The van der Waals surface area contributed by atoms with Crippen LogP contribution in [0.5, 0.6) is 0 Å². The summed E-state index contributed by atoms with van der Waals surface area (Å²) in [6.07, 6.45) is 4.54. The number of amides is 2. The summed E-state index contributed by atoms with van der Waals surface area (Å²) >= 11 is 0. The maximum absolute atomic E-state index is 12.8. The topological polar surface area (TPSA) is 78.6 Å². The van der Waals surface area contributed by atoms with Gasteiger partial charge in [0.15, 0.2) is 0 Å². The Bertz CT molecular complexity index is 1220. The van der Waals surface area contributed by atoms with Crippen LogP contribution >= 0.6 is 0 Å². The summed E-state index contributed by atoms with van der Waals surface area (Å²) in [5.74, 6) is 0.527. The molecule has 2 aromatic heterocycles. The van der Waals surface area contributed by atoms with Crippen molar-refractivity contribution in [1.82, 2.24) is 29.5 Å². The van der Waals surface area contributed by atoms with Crippen LogP contribution in [0.3, 0.4) is 0 Å². The average molecular weight is 492 g/mol. The number of anilines is 1. The molecule has 0 aliphatic carbocycles. The third-order valence-electron chi connectivity index (χ3n) is 7.33. The minimum absolute atomic E-state index is 0.0230. The summed E-state index contributed by atoms with van der Waals surface area (Å²) in [4.78, 5) is 32.1. The maximum Gasteiger partial charge on any atom is 0.240 e. The molecular formula is C27H37N7O2. The molecule has 9 nitrogen and oxygen atoms in total. The molecule has 1 aromatic carbocycles. The van der Waals surface area contributed by atoms with Crippen molar-refractivity contribution in [3.8, 4) is 11.3 Å². The number of nitrogens with zero attached hydrogens (tertiary/aromatic N) is 6. The third-order valence-corrected chi connectivity index (χ3v) is 7.33.